The van der Waals surface area contributed by atoms with Crippen molar-refractivity contribution in [3.63, 3.8) is 0 Å². The number of para-hydroxylation sites is 1. The van der Waals surface area contributed by atoms with Crippen LogP contribution in [-0.2, 0) is 24.1 Å². The third kappa shape index (κ3) is 6.09. The molecule has 6 nitrogen and oxygen atoms in total. The molecule has 10 heteroatoms. The summed E-state index contributed by atoms with van der Waals surface area (Å²) in [6, 6.07) is 13.7. The summed E-state index contributed by atoms with van der Waals surface area (Å²) in [5.41, 5.74) is 5.45. The summed E-state index contributed by atoms with van der Waals surface area (Å²) in [4.78, 5) is 20.3. The van der Waals surface area contributed by atoms with Gasteiger partial charge in [-0.15, -0.1) is 0 Å². The molecule has 216 valence electrons. The van der Waals surface area contributed by atoms with Crippen LogP contribution in [0.25, 0.3) is 0 Å². The highest BCUT2D eigenvalue weighted by Gasteiger charge is 2.38. The van der Waals surface area contributed by atoms with Gasteiger partial charge in [0.1, 0.15) is 6.61 Å². The Labute approximate surface area is 284 Å². The Morgan fingerprint density at radius 2 is 1.66 bits per heavy atom. The summed E-state index contributed by atoms with van der Waals surface area (Å²) >= 11 is 7.23. The van der Waals surface area contributed by atoms with Crippen LogP contribution in [0, 0.1) is 10.7 Å². The Morgan fingerprint density at radius 3 is 2.34 bits per heavy atom. The predicted molar refractivity (Wildman–Crippen MR) is 193 cm³/mol. The quantitative estimate of drug-likeness (QED) is 0.135. The molecule has 3 aromatic rings. The zero-order valence-electron chi connectivity index (χ0n) is 24.0. The van der Waals surface area contributed by atoms with E-state index < -0.39 is 8.32 Å². The molecular formula is C31H33I3N2O4Si. The first-order valence-corrected chi connectivity index (χ1v) is 19.6. The van der Waals surface area contributed by atoms with E-state index in [-0.39, 0.29) is 17.0 Å². The van der Waals surface area contributed by atoms with Crippen molar-refractivity contribution in [1.82, 2.24) is 0 Å². The van der Waals surface area contributed by atoms with Gasteiger partial charge in [-0.1, -0.05) is 39.0 Å². The smallest absolute Gasteiger partial charge is 0.261 e. The number of amides is 1. The molecule has 2 aliphatic rings. The summed E-state index contributed by atoms with van der Waals surface area (Å²) in [6.45, 7) is 12.3. The Morgan fingerprint density at radius 1 is 0.976 bits per heavy atom. The number of hydrogen-bond acceptors (Lipinski definition) is 5. The number of carbonyl (C=O) groups is 1. The van der Waals surface area contributed by atoms with Crippen LogP contribution in [0.1, 0.15) is 47.8 Å². The fraction of sp³-hybridized carbons (Fsp3) is 0.355. The summed E-state index contributed by atoms with van der Waals surface area (Å²) in [5, 5.41) is 0.144. The second kappa shape index (κ2) is 12.0. The minimum atomic E-state index is -1.89. The second-order valence-corrected chi connectivity index (χ2v) is 19.9. The first-order chi connectivity index (χ1) is 19.3. The minimum absolute atomic E-state index is 0.0783. The molecule has 1 atom stereocenters. The lowest BCUT2D eigenvalue weighted by atomic mass is 10.1. The number of halogens is 3. The monoisotopic (exact) mass is 906 g/mol. The molecule has 0 saturated carbocycles. The molecule has 0 unspecified atom stereocenters. The van der Waals surface area contributed by atoms with Crippen LogP contribution in [0.3, 0.4) is 0 Å². The summed E-state index contributed by atoms with van der Waals surface area (Å²) in [6.07, 6.45) is 2.63. The van der Waals surface area contributed by atoms with Crippen LogP contribution in [0.15, 0.2) is 47.5 Å². The van der Waals surface area contributed by atoms with Crippen molar-refractivity contribution in [3.05, 3.63) is 75.4 Å². The fourth-order valence-corrected chi connectivity index (χ4v) is 8.06. The van der Waals surface area contributed by atoms with E-state index in [1.165, 1.54) is 12.7 Å². The lowest BCUT2D eigenvalue weighted by Gasteiger charge is -2.36. The van der Waals surface area contributed by atoms with Crippen LogP contribution in [0.5, 0.6) is 11.5 Å². The second-order valence-electron chi connectivity index (χ2n) is 11.8. The van der Waals surface area contributed by atoms with Gasteiger partial charge in [0.05, 0.1) is 31.0 Å². The molecule has 0 fully saturated rings. The van der Waals surface area contributed by atoms with Gasteiger partial charge in [0, 0.05) is 40.7 Å². The zero-order valence-corrected chi connectivity index (χ0v) is 31.5. The number of anilines is 1. The maximum Gasteiger partial charge on any atom is 0.261 e. The van der Waals surface area contributed by atoms with Gasteiger partial charge >= 0.3 is 0 Å². The van der Waals surface area contributed by atoms with Crippen LogP contribution in [-0.4, -0.2) is 33.6 Å². The first-order valence-electron chi connectivity index (χ1n) is 13.4. The number of methoxy groups -OCH3 is 1. The molecule has 1 amide bonds. The summed E-state index contributed by atoms with van der Waals surface area (Å²) in [7, 11) is -0.296. The van der Waals surface area contributed by atoms with E-state index in [4.69, 9.17) is 18.9 Å². The van der Waals surface area contributed by atoms with Gasteiger partial charge in [0.2, 0.25) is 0 Å². The van der Waals surface area contributed by atoms with Crippen LogP contribution < -0.4 is 14.4 Å². The van der Waals surface area contributed by atoms with Gasteiger partial charge in [-0.25, -0.2) is 0 Å². The number of fused-ring (bicyclic) bond motifs is 4. The zero-order chi connectivity index (χ0) is 29.7. The highest BCUT2D eigenvalue weighted by Crippen LogP contribution is 2.42. The molecule has 0 radical (unpaired) electrons. The van der Waals surface area contributed by atoms with Gasteiger partial charge in [-0.3, -0.25) is 14.7 Å². The largest absolute Gasteiger partial charge is 0.493 e. The molecule has 0 N–H and O–H groups in total. The number of rotatable bonds is 7. The van der Waals surface area contributed by atoms with Crippen molar-refractivity contribution < 1.29 is 18.7 Å². The van der Waals surface area contributed by atoms with E-state index in [0.29, 0.717) is 36.0 Å². The van der Waals surface area contributed by atoms with Crippen LogP contribution >= 0.6 is 67.8 Å². The topological polar surface area (TPSA) is 60.4 Å². The first kappa shape index (κ1) is 31.2. The lowest BCUT2D eigenvalue weighted by Crippen LogP contribution is -2.40. The highest BCUT2D eigenvalue weighted by molar-refractivity contribution is 14.1. The SMILES string of the molecule is COc1cc2c(cc1OCc1cc(CO[Si](C)(C)C(C)(C)C)c(I)c(I)c1I)N=C[C@@H]1Cc3ccccc3N1C2=O. The van der Waals surface area contributed by atoms with E-state index in [9.17, 15) is 4.79 Å². The third-order valence-electron chi connectivity index (χ3n) is 8.20. The average Bonchev–Trinajstić information content (AvgIpc) is 3.25. The molecule has 0 aromatic heterocycles. The van der Waals surface area contributed by atoms with Crippen molar-refractivity contribution in [1.29, 1.82) is 0 Å². The molecule has 2 heterocycles. The van der Waals surface area contributed by atoms with Gasteiger partial charge in [0.15, 0.2) is 19.8 Å². The van der Waals surface area contributed by atoms with E-state index in [1.807, 2.05) is 35.4 Å². The molecule has 0 bridgehead atoms. The van der Waals surface area contributed by atoms with Crippen molar-refractivity contribution in [2.24, 2.45) is 4.99 Å². The van der Waals surface area contributed by atoms with E-state index in [0.717, 1.165) is 26.8 Å². The van der Waals surface area contributed by atoms with E-state index in [1.54, 1.807) is 13.2 Å². The van der Waals surface area contributed by atoms with Gasteiger partial charge in [-0.2, -0.15) is 0 Å². The van der Waals surface area contributed by atoms with Gasteiger partial charge < -0.3 is 13.9 Å². The lowest BCUT2D eigenvalue weighted by molar-refractivity contribution is 0.0986. The van der Waals surface area contributed by atoms with E-state index >= 15 is 0 Å². The van der Waals surface area contributed by atoms with Crippen LogP contribution in [0.2, 0.25) is 18.1 Å². The molecule has 2 aliphatic heterocycles. The Kier molecular flexibility index (Phi) is 9.16. The molecular weight excluding hydrogens is 873 g/mol. The van der Waals surface area contributed by atoms with Gasteiger partial charge in [0.25, 0.3) is 5.91 Å². The van der Waals surface area contributed by atoms with Crippen LogP contribution in [0.4, 0.5) is 11.4 Å². The van der Waals surface area contributed by atoms with Crippen molar-refractivity contribution in [3.8, 4) is 11.5 Å². The molecule has 41 heavy (non-hydrogen) atoms. The number of carbonyl (C=O) groups excluding carboxylic acids is 1. The molecule has 3 aromatic carbocycles. The van der Waals surface area contributed by atoms with E-state index in [2.05, 4.69) is 114 Å². The Bertz CT molecular complexity index is 1550. The highest BCUT2D eigenvalue weighted by atomic mass is 127. The maximum atomic E-state index is 13.7. The van der Waals surface area contributed by atoms with Crippen molar-refractivity contribution >= 4 is 99.6 Å². The molecule has 5 rings (SSSR count). The molecule has 0 spiro atoms. The average molecular weight is 906 g/mol. The van der Waals surface area contributed by atoms with Gasteiger partial charge in [-0.05, 0) is 115 Å². The predicted octanol–water partition coefficient (Wildman–Crippen LogP) is 8.90. The number of ether oxygens (including phenoxy) is 2. The fourth-order valence-electron chi connectivity index (χ4n) is 4.74. The summed E-state index contributed by atoms with van der Waals surface area (Å²) < 4.78 is 22.2. The maximum absolute atomic E-state index is 13.7. The van der Waals surface area contributed by atoms with Crippen molar-refractivity contribution in [2.75, 3.05) is 12.0 Å². The third-order valence-corrected chi connectivity index (χ3v) is 18.3. The van der Waals surface area contributed by atoms with Crippen molar-refractivity contribution in [2.45, 2.75) is 64.6 Å². The molecule has 0 aliphatic carbocycles. The number of nitrogens with zero attached hydrogens (tertiary/aromatic N) is 2. The number of benzene rings is 3. The normalized spacial score (nSPS) is 16.3. The molecule has 0 saturated heterocycles. The summed E-state index contributed by atoms with van der Waals surface area (Å²) in [5.74, 6) is 0.988. The Balaban J connectivity index is 1.41. The number of aliphatic imine (C=N–C) groups is 1. The Hall–Kier alpha value is -1.23. The number of hydrogen-bond donors (Lipinski definition) is 0. The minimum Gasteiger partial charge on any atom is -0.493 e. The standard InChI is InChI=1S/C31H33I3N2O4Si/c1-31(2,3)41(5,6)40-17-20-11-19(27(32)29(34)28(20)33)16-39-26-14-23-22(13-25(26)38-4)30(37)36-21(15-35-23)12-18-9-7-8-10-24(18)36/h7-11,13-15,21H,12,16-17H2,1-6H3/t21-/m0/s1.